The van der Waals surface area contributed by atoms with E-state index in [0.29, 0.717) is 29.8 Å². The number of hydrogen-bond donors (Lipinski definition) is 1. The molecule has 0 saturated carbocycles. The highest BCUT2D eigenvalue weighted by Crippen LogP contribution is 2.17. The predicted molar refractivity (Wildman–Crippen MR) is 93.9 cm³/mol. The molecular formula is C17H16N4O3S. The topological polar surface area (TPSA) is 90.1 Å². The van der Waals surface area contributed by atoms with Crippen molar-refractivity contribution in [2.75, 3.05) is 6.61 Å². The lowest BCUT2D eigenvalue weighted by atomic mass is 10.3. The maximum absolute atomic E-state index is 11.8. The molecule has 7 nitrogen and oxygen atoms in total. The summed E-state index contributed by atoms with van der Waals surface area (Å²) in [6.07, 6.45) is 4.84. The molecule has 0 aliphatic carbocycles. The first-order valence-electron chi connectivity index (χ1n) is 7.66. The normalized spacial score (nSPS) is 10.9. The van der Waals surface area contributed by atoms with Crippen molar-refractivity contribution in [2.24, 2.45) is 0 Å². The third-order valence-corrected chi connectivity index (χ3v) is 3.95. The lowest BCUT2D eigenvalue weighted by molar-refractivity contribution is -0.116. The van der Waals surface area contributed by atoms with Crippen LogP contribution in [0.15, 0.2) is 46.4 Å². The monoisotopic (exact) mass is 356 g/mol. The van der Waals surface area contributed by atoms with Gasteiger partial charge in [-0.15, -0.1) is 11.3 Å². The maximum Gasteiger partial charge on any atom is 0.246 e. The molecule has 0 aliphatic rings. The van der Waals surface area contributed by atoms with Gasteiger partial charge in [-0.05, 0) is 30.5 Å². The summed E-state index contributed by atoms with van der Waals surface area (Å²) in [5.74, 6) is 1.05. The van der Waals surface area contributed by atoms with E-state index >= 15 is 0 Å². The Morgan fingerprint density at radius 2 is 2.32 bits per heavy atom. The molecule has 0 aliphatic heterocycles. The molecule has 1 amide bonds. The van der Waals surface area contributed by atoms with Crippen LogP contribution in [0.2, 0.25) is 0 Å². The van der Waals surface area contributed by atoms with Crippen molar-refractivity contribution in [3.63, 3.8) is 0 Å². The highest BCUT2D eigenvalue weighted by molar-refractivity contribution is 7.10. The van der Waals surface area contributed by atoms with Crippen molar-refractivity contribution in [3.8, 4) is 17.3 Å². The van der Waals surface area contributed by atoms with Crippen molar-refractivity contribution < 1.29 is 14.1 Å². The highest BCUT2D eigenvalue weighted by atomic mass is 32.1. The van der Waals surface area contributed by atoms with Gasteiger partial charge in [-0.2, -0.15) is 4.98 Å². The number of rotatable bonds is 7. The third-order valence-electron chi connectivity index (χ3n) is 3.11. The zero-order chi connectivity index (χ0) is 17.5. The van der Waals surface area contributed by atoms with Gasteiger partial charge in [-0.3, -0.25) is 4.79 Å². The number of carbonyl (C=O) groups excluding carboxylic acids is 1. The van der Waals surface area contributed by atoms with Crippen LogP contribution >= 0.6 is 11.3 Å². The maximum atomic E-state index is 11.8. The summed E-state index contributed by atoms with van der Waals surface area (Å²) in [7, 11) is 0. The van der Waals surface area contributed by atoms with Crippen LogP contribution in [-0.2, 0) is 11.3 Å². The summed E-state index contributed by atoms with van der Waals surface area (Å²) in [4.78, 5) is 21.2. The van der Waals surface area contributed by atoms with E-state index < -0.39 is 0 Å². The smallest absolute Gasteiger partial charge is 0.246 e. The second-order valence-corrected chi connectivity index (χ2v) is 5.88. The average molecular weight is 356 g/mol. The lowest BCUT2D eigenvalue weighted by Gasteiger charge is -2.00. The Morgan fingerprint density at radius 1 is 1.40 bits per heavy atom. The van der Waals surface area contributed by atoms with Gasteiger partial charge in [0.2, 0.25) is 23.5 Å². The molecule has 0 radical (unpaired) electrons. The first-order valence-corrected chi connectivity index (χ1v) is 8.54. The molecule has 0 saturated heterocycles. The number of pyridine rings is 1. The van der Waals surface area contributed by atoms with Crippen molar-refractivity contribution in [3.05, 3.63) is 52.7 Å². The van der Waals surface area contributed by atoms with Crippen LogP contribution in [0.3, 0.4) is 0 Å². The minimum atomic E-state index is -0.226. The van der Waals surface area contributed by atoms with Gasteiger partial charge >= 0.3 is 0 Å². The van der Waals surface area contributed by atoms with E-state index in [1.807, 2.05) is 24.4 Å². The molecule has 3 heterocycles. The fraction of sp³-hybridized carbons (Fsp3) is 0.176. The first-order chi connectivity index (χ1) is 12.2. The number of thiophene rings is 1. The number of nitrogens with one attached hydrogen (secondary N) is 1. The highest BCUT2D eigenvalue weighted by Gasteiger charge is 2.10. The van der Waals surface area contributed by atoms with Crippen molar-refractivity contribution in [2.45, 2.75) is 13.5 Å². The zero-order valence-electron chi connectivity index (χ0n) is 13.5. The molecular weight excluding hydrogens is 340 g/mol. The van der Waals surface area contributed by atoms with Crippen LogP contribution < -0.4 is 10.1 Å². The fourth-order valence-electron chi connectivity index (χ4n) is 1.96. The van der Waals surface area contributed by atoms with Gasteiger partial charge in [0.25, 0.3) is 0 Å². The molecule has 0 fully saturated rings. The summed E-state index contributed by atoms with van der Waals surface area (Å²) in [6, 6.07) is 7.41. The molecule has 25 heavy (non-hydrogen) atoms. The second-order valence-electron chi connectivity index (χ2n) is 4.90. The van der Waals surface area contributed by atoms with E-state index in [0.717, 1.165) is 4.88 Å². The van der Waals surface area contributed by atoms with E-state index in [1.165, 1.54) is 6.08 Å². The Morgan fingerprint density at radius 3 is 3.04 bits per heavy atom. The van der Waals surface area contributed by atoms with Gasteiger partial charge < -0.3 is 14.6 Å². The SMILES string of the molecule is CCOc1ccc(-c2noc(CNC(=O)/C=C\c3cccs3)n2)cn1. The number of nitrogens with zero attached hydrogens (tertiary/aromatic N) is 3. The van der Waals surface area contributed by atoms with Gasteiger partial charge in [0.15, 0.2) is 0 Å². The predicted octanol–water partition coefficient (Wildman–Crippen LogP) is 2.92. The van der Waals surface area contributed by atoms with Crippen molar-refractivity contribution in [1.29, 1.82) is 0 Å². The molecule has 0 atom stereocenters. The molecule has 3 aromatic rings. The van der Waals surface area contributed by atoms with E-state index in [1.54, 1.807) is 35.7 Å². The lowest BCUT2D eigenvalue weighted by Crippen LogP contribution is -2.20. The van der Waals surface area contributed by atoms with Gasteiger partial charge in [0.1, 0.15) is 0 Å². The number of carbonyl (C=O) groups is 1. The molecule has 0 bridgehead atoms. The van der Waals surface area contributed by atoms with Crippen LogP contribution in [0, 0.1) is 0 Å². The van der Waals surface area contributed by atoms with E-state index in [4.69, 9.17) is 9.26 Å². The Kier molecular flexibility index (Phi) is 5.53. The van der Waals surface area contributed by atoms with Crippen LogP contribution in [0.1, 0.15) is 17.7 Å². The van der Waals surface area contributed by atoms with Crippen molar-refractivity contribution in [1.82, 2.24) is 20.4 Å². The molecule has 0 unspecified atom stereocenters. The van der Waals surface area contributed by atoms with Gasteiger partial charge in [-0.25, -0.2) is 4.98 Å². The van der Waals surface area contributed by atoms with Crippen LogP contribution in [0.5, 0.6) is 5.88 Å². The van der Waals surface area contributed by atoms with Crippen LogP contribution in [-0.4, -0.2) is 27.6 Å². The molecule has 0 spiro atoms. The Balaban J connectivity index is 1.55. The Labute approximate surface area is 148 Å². The quantitative estimate of drug-likeness (QED) is 0.655. The number of aromatic nitrogens is 3. The summed E-state index contributed by atoms with van der Waals surface area (Å²) in [6.45, 7) is 2.61. The average Bonchev–Trinajstić information content (AvgIpc) is 3.31. The summed E-state index contributed by atoms with van der Waals surface area (Å²) >= 11 is 1.56. The van der Waals surface area contributed by atoms with Crippen molar-refractivity contribution >= 4 is 23.3 Å². The molecule has 8 heteroatoms. The summed E-state index contributed by atoms with van der Waals surface area (Å²) in [5.41, 5.74) is 0.711. The largest absolute Gasteiger partial charge is 0.478 e. The summed E-state index contributed by atoms with van der Waals surface area (Å²) in [5, 5.41) is 8.54. The number of amides is 1. The third kappa shape index (κ3) is 4.74. The fourth-order valence-corrected chi connectivity index (χ4v) is 2.57. The molecule has 128 valence electrons. The number of hydrogen-bond acceptors (Lipinski definition) is 7. The molecule has 1 N–H and O–H groups in total. The van der Waals surface area contributed by atoms with Crippen LogP contribution in [0.4, 0.5) is 0 Å². The summed E-state index contributed by atoms with van der Waals surface area (Å²) < 4.78 is 10.4. The standard InChI is InChI=1S/C17H16N4O3S/c1-2-23-15-8-5-12(10-19-15)17-20-16(24-21-17)11-18-14(22)7-6-13-4-3-9-25-13/h3-10H,2,11H2,1H3,(H,18,22)/b7-6-. The van der Waals surface area contributed by atoms with E-state index in [2.05, 4.69) is 20.4 Å². The molecule has 0 aromatic carbocycles. The number of ether oxygens (including phenoxy) is 1. The second kappa shape index (κ2) is 8.20. The minimum absolute atomic E-state index is 0.158. The first kappa shape index (κ1) is 16.8. The minimum Gasteiger partial charge on any atom is -0.478 e. The van der Waals surface area contributed by atoms with Crippen LogP contribution in [0.25, 0.3) is 17.5 Å². The van der Waals surface area contributed by atoms with Gasteiger partial charge in [0.05, 0.1) is 13.2 Å². The Bertz CT molecular complexity index is 841. The Hall–Kier alpha value is -3.00. The van der Waals surface area contributed by atoms with Gasteiger partial charge in [-0.1, -0.05) is 11.2 Å². The van der Waals surface area contributed by atoms with E-state index in [-0.39, 0.29) is 12.5 Å². The zero-order valence-corrected chi connectivity index (χ0v) is 14.3. The van der Waals surface area contributed by atoms with Gasteiger partial charge in [0, 0.05) is 28.8 Å². The molecule has 3 rings (SSSR count). The molecule has 3 aromatic heterocycles. The van der Waals surface area contributed by atoms with E-state index in [9.17, 15) is 4.79 Å².